The van der Waals surface area contributed by atoms with Gasteiger partial charge in [0.15, 0.2) is 0 Å². The van der Waals surface area contributed by atoms with E-state index in [1.165, 1.54) is 75.1 Å². The first-order valence-electron chi connectivity index (χ1n) is 13.9. The topological polar surface area (TPSA) is 12.9 Å². The highest BCUT2D eigenvalue weighted by molar-refractivity contribution is 8.00. The first-order chi connectivity index (χ1) is 20.3. The maximum atomic E-state index is 4.61. The van der Waals surface area contributed by atoms with Crippen molar-refractivity contribution < 1.29 is 0 Å². The Bertz CT molecular complexity index is 2180. The number of fused-ring (bicyclic) bond motifs is 4. The standard InChI is InChI=1S/C39H25NS/c1-2-11-27(12-3-1)35-23-29-14-6-7-15-30(29)24-37(35)41-39-33-17-9-8-16-32(33)38(36-25-40-21-20-34(36)39)31-19-18-26-10-4-5-13-28(26)22-31/h1-25H. The summed E-state index contributed by atoms with van der Waals surface area (Å²) in [7, 11) is 0. The SMILES string of the molecule is c1ccc(-c2cc3ccccc3cc2Sc2c3ccccc3c(-c3ccc4ccccc4c3)c3cnccc23)cc1. The molecule has 1 nitrogen and oxygen atoms in total. The van der Waals surface area contributed by atoms with Crippen LogP contribution >= 0.6 is 11.8 Å². The van der Waals surface area contributed by atoms with Crippen molar-refractivity contribution in [3.05, 3.63) is 152 Å². The van der Waals surface area contributed by atoms with Gasteiger partial charge in [-0.3, -0.25) is 4.98 Å². The molecule has 0 fully saturated rings. The summed E-state index contributed by atoms with van der Waals surface area (Å²) in [5.74, 6) is 0. The molecule has 8 aromatic rings. The summed E-state index contributed by atoms with van der Waals surface area (Å²) in [6, 6.07) is 50.4. The Hall–Kier alpha value is -4.92. The van der Waals surface area contributed by atoms with Gasteiger partial charge in [-0.25, -0.2) is 0 Å². The molecule has 0 amide bonds. The molecule has 1 heterocycles. The molecule has 0 saturated heterocycles. The average molecular weight is 540 g/mol. The second-order valence-electron chi connectivity index (χ2n) is 10.4. The van der Waals surface area contributed by atoms with E-state index in [0.29, 0.717) is 0 Å². The van der Waals surface area contributed by atoms with Crippen molar-refractivity contribution >= 4 is 54.9 Å². The molecule has 0 aliphatic rings. The van der Waals surface area contributed by atoms with Gasteiger partial charge in [0.25, 0.3) is 0 Å². The third-order valence-corrected chi connectivity index (χ3v) is 9.16. The summed E-state index contributed by atoms with van der Waals surface area (Å²) >= 11 is 1.86. The molecule has 0 radical (unpaired) electrons. The third kappa shape index (κ3) is 4.16. The maximum absolute atomic E-state index is 4.61. The molecule has 0 aliphatic heterocycles. The van der Waals surface area contributed by atoms with Crippen molar-refractivity contribution in [2.45, 2.75) is 9.79 Å². The predicted molar refractivity (Wildman–Crippen MR) is 176 cm³/mol. The van der Waals surface area contributed by atoms with Crippen molar-refractivity contribution in [2.24, 2.45) is 0 Å². The zero-order chi connectivity index (χ0) is 27.2. The van der Waals surface area contributed by atoms with Crippen LogP contribution in [0.5, 0.6) is 0 Å². The van der Waals surface area contributed by atoms with Crippen molar-refractivity contribution in [3.8, 4) is 22.3 Å². The molecule has 0 saturated carbocycles. The minimum Gasteiger partial charge on any atom is -0.264 e. The molecule has 192 valence electrons. The fourth-order valence-corrected chi connectivity index (χ4v) is 7.27. The van der Waals surface area contributed by atoms with Gasteiger partial charge in [0.2, 0.25) is 0 Å². The molecule has 1 aromatic heterocycles. The van der Waals surface area contributed by atoms with Crippen LogP contribution in [0.3, 0.4) is 0 Å². The third-order valence-electron chi connectivity index (χ3n) is 7.96. The maximum Gasteiger partial charge on any atom is 0.0353 e. The van der Waals surface area contributed by atoms with E-state index in [1.807, 2.05) is 24.2 Å². The lowest BCUT2D eigenvalue weighted by Crippen LogP contribution is -1.91. The first-order valence-corrected chi connectivity index (χ1v) is 14.7. The van der Waals surface area contributed by atoms with Gasteiger partial charge in [0.05, 0.1) is 0 Å². The van der Waals surface area contributed by atoms with Gasteiger partial charge in [-0.05, 0) is 84.2 Å². The van der Waals surface area contributed by atoms with E-state index in [9.17, 15) is 0 Å². The summed E-state index contributed by atoms with van der Waals surface area (Å²) in [6.45, 7) is 0. The van der Waals surface area contributed by atoms with Gasteiger partial charge < -0.3 is 0 Å². The number of aromatic nitrogens is 1. The number of pyridine rings is 1. The highest BCUT2D eigenvalue weighted by Crippen LogP contribution is 2.47. The quantitative estimate of drug-likeness (QED) is 0.206. The highest BCUT2D eigenvalue weighted by Gasteiger charge is 2.18. The molecule has 0 spiro atoms. The normalized spacial score (nSPS) is 11.5. The van der Waals surface area contributed by atoms with Crippen LogP contribution in [0.4, 0.5) is 0 Å². The van der Waals surface area contributed by atoms with Crippen LogP contribution in [-0.2, 0) is 0 Å². The number of rotatable bonds is 4. The van der Waals surface area contributed by atoms with Crippen LogP contribution in [-0.4, -0.2) is 4.98 Å². The van der Waals surface area contributed by atoms with Gasteiger partial charge >= 0.3 is 0 Å². The van der Waals surface area contributed by atoms with Crippen LogP contribution in [0.1, 0.15) is 0 Å². The van der Waals surface area contributed by atoms with Crippen molar-refractivity contribution in [2.75, 3.05) is 0 Å². The second kappa shape index (κ2) is 9.92. The summed E-state index contributed by atoms with van der Waals surface area (Å²) in [6.07, 6.45) is 3.96. The molecule has 8 rings (SSSR count). The van der Waals surface area contributed by atoms with Gasteiger partial charge in [-0.15, -0.1) is 0 Å². The number of benzene rings is 7. The minimum absolute atomic E-state index is 1.17. The van der Waals surface area contributed by atoms with Crippen molar-refractivity contribution in [1.29, 1.82) is 0 Å². The first kappa shape index (κ1) is 23.9. The van der Waals surface area contributed by atoms with Crippen LogP contribution in [0.2, 0.25) is 0 Å². The van der Waals surface area contributed by atoms with Crippen LogP contribution in [0.25, 0.3) is 65.3 Å². The lowest BCUT2D eigenvalue weighted by atomic mass is 9.92. The Morgan fingerprint density at radius 1 is 0.439 bits per heavy atom. The van der Waals surface area contributed by atoms with E-state index in [1.54, 1.807) is 0 Å². The Morgan fingerprint density at radius 3 is 1.88 bits per heavy atom. The summed E-state index contributed by atoms with van der Waals surface area (Å²) in [5.41, 5.74) is 4.92. The number of hydrogen-bond donors (Lipinski definition) is 0. The predicted octanol–water partition coefficient (Wildman–Crippen LogP) is 11.2. The van der Waals surface area contributed by atoms with E-state index in [-0.39, 0.29) is 0 Å². The van der Waals surface area contributed by atoms with Gasteiger partial charge in [-0.2, -0.15) is 0 Å². The molecular weight excluding hydrogens is 515 g/mol. The fourth-order valence-electron chi connectivity index (χ4n) is 6.00. The lowest BCUT2D eigenvalue weighted by molar-refractivity contribution is 1.36. The van der Waals surface area contributed by atoms with Gasteiger partial charge in [0.1, 0.15) is 0 Å². The van der Waals surface area contributed by atoms with E-state index >= 15 is 0 Å². The Labute approximate surface area is 243 Å². The number of nitrogens with zero attached hydrogens (tertiary/aromatic N) is 1. The Kier molecular flexibility index (Phi) is 5.79. The largest absolute Gasteiger partial charge is 0.264 e. The summed E-state index contributed by atoms with van der Waals surface area (Å²) in [4.78, 5) is 7.12. The van der Waals surface area contributed by atoms with Crippen LogP contribution < -0.4 is 0 Å². The molecule has 41 heavy (non-hydrogen) atoms. The zero-order valence-electron chi connectivity index (χ0n) is 22.3. The molecule has 0 bridgehead atoms. The van der Waals surface area contributed by atoms with E-state index in [0.717, 1.165) is 0 Å². The smallest absolute Gasteiger partial charge is 0.0353 e. The van der Waals surface area contributed by atoms with Gasteiger partial charge in [-0.1, -0.05) is 127 Å². The van der Waals surface area contributed by atoms with Crippen LogP contribution in [0.15, 0.2) is 162 Å². The Morgan fingerprint density at radius 2 is 1.07 bits per heavy atom. The average Bonchev–Trinajstić information content (AvgIpc) is 3.04. The molecule has 0 aliphatic carbocycles. The fraction of sp³-hybridized carbons (Fsp3) is 0. The highest BCUT2D eigenvalue weighted by atomic mass is 32.2. The summed E-state index contributed by atoms with van der Waals surface area (Å²) in [5, 5.41) is 9.89. The van der Waals surface area contributed by atoms with Crippen LogP contribution in [0, 0.1) is 0 Å². The van der Waals surface area contributed by atoms with E-state index < -0.39 is 0 Å². The monoisotopic (exact) mass is 539 g/mol. The van der Waals surface area contributed by atoms with E-state index in [4.69, 9.17) is 0 Å². The zero-order valence-corrected chi connectivity index (χ0v) is 23.1. The summed E-state index contributed by atoms with van der Waals surface area (Å²) < 4.78 is 0. The molecular formula is C39H25NS. The van der Waals surface area contributed by atoms with E-state index in [2.05, 4.69) is 145 Å². The lowest BCUT2D eigenvalue weighted by Gasteiger charge is -2.18. The molecule has 0 N–H and O–H groups in total. The Balaban J connectivity index is 1.41. The molecule has 7 aromatic carbocycles. The molecule has 2 heteroatoms. The number of hydrogen-bond acceptors (Lipinski definition) is 2. The minimum atomic E-state index is 1.17. The van der Waals surface area contributed by atoms with Crippen molar-refractivity contribution in [1.82, 2.24) is 4.98 Å². The molecule has 0 unspecified atom stereocenters. The second-order valence-corrected chi connectivity index (χ2v) is 11.4. The van der Waals surface area contributed by atoms with Crippen molar-refractivity contribution in [3.63, 3.8) is 0 Å². The molecule has 0 atom stereocenters. The van der Waals surface area contributed by atoms with Gasteiger partial charge in [0, 0.05) is 27.6 Å².